The first-order chi connectivity index (χ1) is 11.9. The minimum Gasteiger partial charge on any atom is -0.296 e. The van der Waals surface area contributed by atoms with Gasteiger partial charge in [0.1, 0.15) is 0 Å². The second-order valence-electron chi connectivity index (χ2n) is 5.59. The first-order valence-electron chi connectivity index (χ1n) is 7.48. The van der Waals surface area contributed by atoms with E-state index in [4.69, 9.17) is 0 Å². The topological polar surface area (TPSA) is 41.9 Å². The molecule has 0 bridgehead atoms. The molecule has 0 aliphatic rings. The largest absolute Gasteiger partial charge is 0.416 e. The summed E-state index contributed by atoms with van der Waals surface area (Å²) < 4.78 is 38.3. The van der Waals surface area contributed by atoms with Gasteiger partial charge in [-0.15, -0.1) is 11.3 Å². The van der Waals surface area contributed by atoms with Crippen molar-refractivity contribution >= 4 is 11.3 Å². The molecule has 0 unspecified atom stereocenters. The van der Waals surface area contributed by atoms with E-state index in [2.05, 4.69) is 15.0 Å². The van der Waals surface area contributed by atoms with Crippen LogP contribution in [0.4, 0.5) is 13.2 Å². The number of halogens is 3. The maximum atomic E-state index is 12.8. The van der Waals surface area contributed by atoms with Crippen LogP contribution in [-0.2, 0) is 19.3 Å². The van der Waals surface area contributed by atoms with E-state index >= 15 is 0 Å². The van der Waals surface area contributed by atoms with Gasteiger partial charge in [-0.05, 0) is 24.7 Å². The molecule has 0 saturated heterocycles. The average molecular weight is 364 g/mol. The third-order valence-electron chi connectivity index (χ3n) is 3.45. The van der Waals surface area contributed by atoms with Gasteiger partial charge in [0.25, 0.3) is 0 Å². The Bertz CT molecular complexity index is 833. The number of aromatic nitrogens is 3. The molecule has 3 rings (SSSR count). The lowest BCUT2D eigenvalue weighted by atomic mass is 10.1. The zero-order chi connectivity index (χ0) is 17.9. The number of hydrogen-bond acceptors (Lipinski definition) is 5. The fraction of sp³-hybridized carbons (Fsp3) is 0.235. The molecule has 0 saturated carbocycles. The van der Waals surface area contributed by atoms with E-state index in [1.54, 1.807) is 24.5 Å². The highest BCUT2D eigenvalue weighted by Gasteiger charge is 2.30. The minimum atomic E-state index is -4.33. The number of rotatable bonds is 5. The molecule has 0 amide bonds. The second-order valence-corrected chi connectivity index (χ2v) is 6.44. The van der Waals surface area contributed by atoms with Crippen LogP contribution in [0.1, 0.15) is 16.8 Å². The normalized spacial score (nSPS) is 11.9. The molecule has 4 nitrogen and oxygen atoms in total. The van der Waals surface area contributed by atoms with Gasteiger partial charge in [0, 0.05) is 30.9 Å². The summed E-state index contributed by atoms with van der Waals surface area (Å²) in [4.78, 5) is 14.7. The van der Waals surface area contributed by atoms with Crippen molar-refractivity contribution in [3.63, 3.8) is 0 Å². The molecule has 2 heterocycles. The number of nitrogens with zero attached hydrogens (tertiary/aromatic N) is 4. The van der Waals surface area contributed by atoms with Crippen molar-refractivity contribution in [1.29, 1.82) is 0 Å². The predicted molar refractivity (Wildman–Crippen MR) is 89.8 cm³/mol. The summed E-state index contributed by atoms with van der Waals surface area (Å²) in [5.74, 6) is 0.569. The summed E-state index contributed by atoms with van der Waals surface area (Å²) in [6.45, 7) is 0.929. The monoisotopic (exact) mass is 364 g/mol. The molecule has 25 heavy (non-hydrogen) atoms. The predicted octanol–water partition coefficient (Wildman–Crippen LogP) is 4.25. The molecular formula is C17H15F3N4S. The van der Waals surface area contributed by atoms with E-state index in [0.717, 1.165) is 16.8 Å². The highest BCUT2D eigenvalue weighted by Crippen LogP contribution is 2.29. The van der Waals surface area contributed by atoms with Crippen LogP contribution in [0, 0.1) is 0 Å². The summed E-state index contributed by atoms with van der Waals surface area (Å²) in [6, 6.07) is 7.12. The lowest BCUT2D eigenvalue weighted by molar-refractivity contribution is -0.137. The molecule has 130 valence electrons. The van der Waals surface area contributed by atoms with E-state index in [9.17, 15) is 13.2 Å². The van der Waals surface area contributed by atoms with Crippen LogP contribution < -0.4 is 0 Å². The molecular weight excluding hydrogens is 349 g/mol. The SMILES string of the molecule is CN(Cc1cccc(C(F)(F)F)c1)Cc1csc(-c2ncccn2)n1. The van der Waals surface area contributed by atoms with E-state index in [1.165, 1.54) is 23.5 Å². The Morgan fingerprint density at radius 2 is 1.84 bits per heavy atom. The molecule has 2 aromatic heterocycles. The van der Waals surface area contributed by atoms with Crippen molar-refractivity contribution in [1.82, 2.24) is 19.9 Å². The molecule has 3 aromatic rings. The summed E-state index contributed by atoms with van der Waals surface area (Å²) in [6.07, 6.45) is -1.01. The summed E-state index contributed by atoms with van der Waals surface area (Å²) >= 11 is 1.45. The van der Waals surface area contributed by atoms with E-state index in [-0.39, 0.29) is 0 Å². The Morgan fingerprint density at radius 1 is 1.08 bits per heavy atom. The number of thiazole rings is 1. The first kappa shape index (κ1) is 17.5. The Kier molecular flexibility index (Phi) is 5.10. The van der Waals surface area contributed by atoms with Gasteiger partial charge in [-0.25, -0.2) is 15.0 Å². The molecule has 0 aliphatic carbocycles. The van der Waals surface area contributed by atoms with E-state index in [0.29, 0.717) is 24.5 Å². The molecule has 0 spiro atoms. The molecule has 0 radical (unpaired) electrons. The molecule has 0 atom stereocenters. The smallest absolute Gasteiger partial charge is 0.296 e. The number of hydrogen-bond donors (Lipinski definition) is 0. The highest BCUT2D eigenvalue weighted by atomic mass is 32.1. The van der Waals surface area contributed by atoms with Gasteiger partial charge in [0.2, 0.25) is 0 Å². The van der Waals surface area contributed by atoms with Crippen LogP contribution in [0.2, 0.25) is 0 Å². The van der Waals surface area contributed by atoms with Gasteiger partial charge < -0.3 is 0 Å². The maximum absolute atomic E-state index is 12.8. The van der Waals surface area contributed by atoms with Gasteiger partial charge in [-0.3, -0.25) is 4.90 Å². The molecule has 1 aromatic carbocycles. The quantitative estimate of drug-likeness (QED) is 0.679. The van der Waals surface area contributed by atoms with Crippen molar-refractivity contribution in [3.05, 3.63) is 64.9 Å². The van der Waals surface area contributed by atoms with Crippen LogP contribution in [-0.4, -0.2) is 26.9 Å². The third kappa shape index (κ3) is 4.61. The zero-order valence-electron chi connectivity index (χ0n) is 13.4. The van der Waals surface area contributed by atoms with Crippen LogP contribution >= 0.6 is 11.3 Å². The minimum absolute atomic E-state index is 0.401. The molecule has 0 fully saturated rings. The van der Waals surface area contributed by atoms with Gasteiger partial charge in [0.15, 0.2) is 10.8 Å². The van der Waals surface area contributed by atoms with Crippen molar-refractivity contribution in [3.8, 4) is 10.8 Å². The number of benzene rings is 1. The van der Waals surface area contributed by atoms with Crippen LogP contribution in [0.5, 0.6) is 0 Å². The summed E-state index contributed by atoms with van der Waals surface area (Å²) in [7, 11) is 1.85. The van der Waals surface area contributed by atoms with E-state index in [1.807, 2.05) is 17.3 Å². The lowest BCUT2D eigenvalue weighted by Crippen LogP contribution is -2.18. The average Bonchev–Trinajstić information content (AvgIpc) is 3.03. The fourth-order valence-electron chi connectivity index (χ4n) is 2.38. The summed E-state index contributed by atoms with van der Waals surface area (Å²) in [5.41, 5.74) is 0.816. The second kappa shape index (κ2) is 7.28. The molecule has 0 N–H and O–H groups in total. The Balaban J connectivity index is 1.65. The maximum Gasteiger partial charge on any atom is 0.416 e. The molecule has 8 heteroatoms. The Labute approximate surface area is 147 Å². The van der Waals surface area contributed by atoms with Gasteiger partial charge in [0.05, 0.1) is 11.3 Å². The van der Waals surface area contributed by atoms with Gasteiger partial charge >= 0.3 is 6.18 Å². The first-order valence-corrected chi connectivity index (χ1v) is 8.36. The van der Waals surface area contributed by atoms with Crippen molar-refractivity contribution in [2.45, 2.75) is 19.3 Å². The van der Waals surface area contributed by atoms with Crippen molar-refractivity contribution in [2.24, 2.45) is 0 Å². The summed E-state index contributed by atoms with van der Waals surface area (Å²) in [5, 5.41) is 2.64. The number of alkyl halides is 3. The standard InChI is InChI=1S/C17H15F3N4S/c1-24(9-12-4-2-5-13(8-12)17(18,19)20)10-14-11-25-16(23-14)15-21-6-3-7-22-15/h2-8,11H,9-10H2,1H3. The molecule has 0 aliphatic heterocycles. The lowest BCUT2D eigenvalue weighted by Gasteiger charge is -2.16. The van der Waals surface area contributed by atoms with Crippen LogP contribution in [0.15, 0.2) is 48.1 Å². The van der Waals surface area contributed by atoms with Crippen molar-refractivity contribution in [2.75, 3.05) is 7.05 Å². The highest BCUT2D eigenvalue weighted by molar-refractivity contribution is 7.13. The van der Waals surface area contributed by atoms with Gasteiger partial charge in [-0.2, -0.15) is 13.2 Å². The fourth-order valence-corrected chi connectivity index (χ4v) is 3.14. The Morgan fingerprint density at radius 3 is 2.56 bits per heavy atom. The van der Waals surface area contributed by atoms with Crippen molar-refractivity contribution < 1.29 is 13.2 Å². The third-order valence-corrected chi connectivity index (χ3v) is 4.33. The van der Waals surface area contributed by atoms with Crippen LogP contribution in [0.3, 0.4) is 0 Å². The van der Waals surface area contributed by atoms with Gasteiger partial charge in [-0.1, -0.05) is 18.2 Å². The Hall–Kier alpha value is -2.32. The zero-order valence-corrected chi connectivity index (χ0v) is 14.2. The van der Waals surface area contributed by atoms with E-state index < -0.39 is 11.7 Å². The van der Waals surface area contributed by atoms with Crippen LogP contribution in [0.25, 0.3) is 10.8 Å².